The highest BCUT2D eigenvalue weighted by Gasteiger charge is 2.16. The first kappa shape index (κ1) is 21.3. The van der Waals surface area contributed by atoms with Gasteiger partial charge in [-0.2, -0.15) is 5.26 Å². The number of ketones is 1. The van der Waals surface area contributed by atoms with Gasteiger partial charge in [-0.3, -0.25) is 4.79 Å². The van der Waals surface area contributed by atoms with Gasteiger partial charge in [0.25, 0.3) is 0 Å². The molecule has 3 nitrogen and oxygen atoms in total. The highest BCUT2D eigenvalue weighted by Crippen LogP contribution is 2.19. The Labute approximate surface area is 168 Å². The third-order valence-electron chi connectivity index (χ3n) is 5.00. The summed E-state index contributed by atoms with van der Waals surface area (Å²) in [6.07, 6.45) is 3.88. The van der Waals surface area contributed by atoms with Crippen molar-refractivity contribution in [3.8, 4) is 23.7 Å². The first-order chi connectivity index (χ1) is 13.5. The summed E-state index contributed by atoms with van der Waals surface area (Å²) in [6, 6.07) is 12.7. The molecule has 2 aromatic rings. The van der Waals surface area contributed by atoms with E-state index in [1.54, 1.807) is 24.3 Å². The summed E-state index contributed by atoms with van der Waals surface area (Å²) in [6.45, 7) is 6.07. The first-order valence-corrected chi connectivity index (χ1v) is 9.85. The summed E-state index contributed by atoms with van der Waals surface area (Å²) in [4.78, 5) is 12.5. The topological polar surface area (TPSA) is 61.1 Å². The molecule has 0 spiro atoms. The van der Waals surface area contributed by atoms with Crippen LogP contribution in [0.1, 0.15) is 67.3 Å². The number of aromatic hydroxyl groups is 1. The Morgan fingerprint density at radius 1 is 1.11 bits per heavy atom. The Kier molecular flexibility index (Phi) is 7.85. The lowest BCUT2D eigenvalue weighted by atomic mass is 9.91. The zero-order valence-corrected chi connectivity index (χ0v) is 16.9. The molecular formula is C25H27NO2. The molecule has 0 heterocycles. The molecule has 0 aliphatic rings. The van der Waals surface area contributed by atoms with Gasteiger partial charge in [-0.1, -0.05) is 32.1 Å². The number of benzene rings is 2. The lowest BCUT2D eigenvalue weighted by Crippen LogP contribution is -2.14. The van der Waals surface area contributed by atoms with Crippen molar-refractivity contribution in [2.75, 3.05) is 0 Å². The van der Waals surface area contributed by atoms with Crippen LogP contribution in [0.2, 0.25) is 0 Å². The van der Waals surface area contributed by atoms with Gasteiger partial charge in [-0.05, 0) is 73.7 Å². The van der Waals surface area contributed by atoms with Gasteiger partial charge in [0.1, 0.15) is 11.5 Å². The molecule has 0 aliphatic heterocycles. The Bertz CT molecular complexity index is 941. The fourth-order valence-corrected chi connectivity index (χ4v) is 3.32. The van der Waals surface area contributed by atoms with Crippen LogP contribution in [0.3, 0.4) is 0 Å². The van der Waals surface area contributed by atoms with E-state index in [0.717, 1.165) is 41.5 Å². The molecule has 0 saturated carbocycles. The predicted octanol–water partition coefficient (Wildman–Crippen LogP) is 5.30. The Hall–Kier alpha value is -3.04. The fourth-order valence-electron chi connectivity index (χ4n) is 3.32. The minimum atomic E-state index is 0.123. The number of carbonyl (C=O) groups is 1. The number of rotatable bonds is 7. The molecule has 0 amide bonds. The number of hydrogen-bond acceptors (Lipinski definition) is 3. The minimum Gasteiger partial charge on any atom is -0.508 e. The molecule has 1 atom stereocenters. The molecular weight excluding hydrogens is 346 g/mol. The van der Waals surface area contributed by atoms with Crippen LogP contribution in [0, 0.1) is 36.0 Å². The quantitative estimate of drug-likeness (QED) is 0.670. The summed E-state index contributed by atoms with van der Waals surface area (Å²) in [5.41, 5.74) is 4.10. The average molecular weight is 373 g/mol. The smallest absolute Gasteiger partial charge is 0.136 e. The van der Waals surface area contributed by atoms with Crippen LogP contribution in [-0.2, 0) is 11.2 Å². The second-order valence-electron chi connectivity index (χ2n) is 7.09. The number of nitriles is 1. The summed E-state index contributed by atoms with van der Waals surface area (Å²) >= 11 is 0. The van der Waals surface area contributed by atoms with Gasteiger partial charge in [-0.15, -0.1) is 0 Å². The standard InChI is InChI=1S/C25H27NO2/c1-4-6-20(5-2)25(28)14-12-23-16-19(17-26)7-8-22(23)10-9-21-11-13-24(27)15-18(21)3/h7-8,11,13,15-16,20,27H,4-6,12,14H2,1-3H3. The maximum atomic E-state index is 12.5. The third-order valence-corrected chi connectivity index (χ3v) is 5.00. The summed E-state index contributed by atoms with van der Waals surface area (Å²) in [7, 11) is 0. The molecule has 1 unspecified atom stereocenters. The van der Waals surface area contributed by atoms with E-state index in [9.17, 15) is 15.2 Å². The molecule has 0 aliphatic carbocycles. The van der Waals surface area contributed by atoms with Crippen LogP contribution in [-0.4, -0.2) is 10.9 Å². The Balaban J connectivity index is 2.26. The van der Waals surface area contributed by atoms with E-state index in [1.165, 1.54) is 0 Å². The van der Waals surface area contributed by atoms with Crippen molar-refractivity contribution < 1.29 is 9.90 Å². The monoisotopic (exact) mass is 373 g/mol. The van der Waals surface area contributed by atoms with Gasteiger partial charge in [0.05, 0.1) is 11.6 Å². The van der Waals surface area contributed by atoms with Crippen molar-refractivity contribution in [3.05, 3.63) is 64.2 Å². The van der Waals surface area contributed by atoms with Crippen LogP contribution in [0.4, 0.5) is 0 Å². The maximum Gasteiger partial charge on any atom is 0.136 e. The summed E-state index contributed by atoms with van der Waals surface area (Å²) < 4.78 is 0. The van der Waals surface area contributed by atoms with Gasteiger partial charge < -0.3 is 5.11 Å². The van der Waals surface area contributed by atoms with Gasteiger partial charge in [-0.25, -0.2) is 0 Å². The fraction of sp³-hybridized carbons (Fsp3) is 0.360. The molecule has 2 rings (SSSR count). The third kappa shape index (κ3) is 5.73. The van der Waals surface area contributed by atoms with Crippen LogP contribution in [0.25, 0.3) is 0 Å². The number of hydrogen-bond donors (Lipinski definition) is 1. The molecule has 28 heavy (non-hydrogen) atoms. The van der Waals surface area contributed by atoms with Crippen LogP contribution in [0.5, 0.6) is 5.75 Å². The van der Waals surface area contributed by atoms with E-state index in [2.05, 4.69) is 31.8 Å². The minimum absolute atomic E-state index is 0.123. The van der Waals surface area contributed by atoms with E-state index in [1.807, 2.05) is 19.1 Å². The molecule has 0 fully saturated rings. The van der Waals surface area contributed by atoms with Crippen LogP contribution >= 0.6 is 0 Å². The molecule has 0 bridgehead atoms. The second-order valence-corrected chi connectivity index (χ2v) is 7.09. The molecule has 0 radical (unpaired) electrons. The molecule has 0 saturated heterocycles. The Morgan fingerprint density at radius 2 is 1.82 bits per heavy atom. The SMILES string of the molecule is CCCC(CC)C(=O)CCc1cc(C#N)ccc1C#Cc1ccc(O)cc1C. The lowest BCUT2D eigenvalue weighted by Gasteiger charge is -2.13. The van der Waals surface area contributed by atoms with E-state index < -0.39 is 0 Å². The predicted molar refractivity (Wildman–Crippen MR) is 112 cm³/mol. The molecule has 144 valence electrons. The average Bonchev–Trinajstić information content (AvgIpc) is 2.69. The van der Waals surface area contributed by atoms with Crippen molar-refractivity contribution in [3.63, 3.8) is 0 Å². The highest BCUT2D eigenvalue weighted by atomic mass is 16.3. The maximum absolute atomic E-state index is 12.5. The van der Waals surface area contributed by atoms with E-state index in [4.69, 9.17) is 0 Å². The largest absolute Gasteiger partial charge is 0.508 e. The van der Waals surface area contributed by atoms with Crippen molar-refractivity contribution >= 4 is 5.78 Å². The molecule has 0 aromatic heterocycles. The first-order valence-electron chi connectivity index (χ1n) is 9.85. The van der Waals surface area contributed by atoms with Gasteiger partial charge in [0, 0.05) is 23.5 Å². The normalized spacial score (nSPS) is 11.2. The van der Waals surface area contributed by atoms with Crippen LogP contribution < -0.4 is 0 Å². The van der Waals surface area contributed by atoms with Crippen molar-refractivity contribution in [1.82, 2.24) is 0 Å². The summed E-state index contributed by atoms with van der Waals surface area (Å²) in [5, 5.41) is 18.8. The van der Waals surface area contributed by atoms with E-state index in [0.29, 0.717) is 24.2 Å². The highest BCUT2D eigenvalue weighted by molar-refractivity contribution is 5.81. The second kappa shape index (κ2) is 10.3. The summed E-state index contributed by atoms with van der Waals surface area (Å²) in [5.74, 6) is 6.96. The zero-order chi connectivity index (χ0) is 20.5. The number of carbonyl (C=O) groups excluding carboxylic acids is 1. The van der Waals surface area contributed by atoms with Gasteiger partial charge in [0.15, 0.2) is 0 Å². The van der Waals surface area contributed by atoms with Gasteiger partial charge in [0.2, 0.25) is 0 Å². The van der Waals surface area contributed by atoms with Crippen molar-refractivity contribution in [2.24, 2.45) is 5.92 Å². The number of aryl methyl sites for hydroxylation is 2. The zero-order valence-electron chi connectivity index (χ0n) is 16.9. The molecule has 3 heteroatoms. The van der Waals surface area contributed by atoms with E-state index in [-0.39, 0.29) is 11.7 Å². The number of Topliss-reactive ketones (excluding diaryl/α,β-unsaturated/α-hetero) is 1. The molecule has 2 aromatic carbocycles. The van der Waals surface area contributed by atoms with E-state index >= 15 is 0 Å². The number of phenolic OH excluding ortho intramolecular Hbond substituents is 1. The van der Waals surface area contributed by atoms with Gasteiger partial charge >= 0.3 is 0 Å². The van der Waals surface area contributed by atoms with Crippen molar-refractivity contribution in [2.45, 2.75) is 52.9 Å². The lowest BCUT2D eigenvalue weighted by molar-refractivity contribution is -0.123. The van der Waals surface area contributed by atoms with Crippen molar-refractivity contribution in [1.29, 1.82) is 5.26 Å². The number of phenols is 1. The molecule has 1 N–H and O–H groups in total. The van der Waals surface area contributed by atoms with Crippen LogP contribution in [0.15, 0.2) is 36.4 Å². The Morgan fingerprint density at radius 3 is 2.46 bits per heavy atom. The number of nitrogens with zero attached hydrogens (tertiary/aromatic N) is 1.